The summed E-state index contributed by atoms with van der Waals surface area (Å²) in [5, 5.41) is 2.90. The van der Waals surface area contributed by atoms with E-state index in [-0.39, 0.29) is 49.5 Å². The Hall–Kier alpha value is -3.01. The Labute approximate surface area is 212 Å². The third-order valence-corrected chi connectivity index (χ3v) is 7.18. The Bertz CT molecular complexity index is 1160. The summed E-state index contributed by atoms with van der Waals surface area (Å²) in [5.41, 5.74) is 1.90. The van der Waals surface area contributed by atoms with Crippen LogP contribution in [0.5, 0.6) is 0 Å². The number of aryl methyl sites for hydroxylation is 1. The number of sulfonamides is 1. The molecule has 0 fully saturated rings. The highest BCUT2D eigenvalue weighted by atomic mass is 32.2. The third-order valence-electron chi connectivity index (χ3n) is 5.99. The van der Waals surface area contributed by atoms with E-state index >= 15 is 0 Å². The fourth-order valence-electron chi connectivity index (χ4n) is 3.58. The van der Waals surface area contributed by atoms with E-state index < -0.39 is 27.7 Å². The van der Waals surface area contributed by atoms with Crippen molar-refractivity contribution in [3.05, 3.63) is 65.2 Å². The molecular formula is C26H35F2N3O4S. The number of carbonyl (C=O) groups excluding carboxylic acids is 2. The van der Waals surface area contributed by atoms with Crippen molar-refractivity contribution in [3.8, 4) is 0 Å². The van der Waals surface area contributed by atoms with Gasteiger partial charge >= 0.3 is 0 Å². The molecule has 2 aromatic rings. The molecular weight excluding hydrogens is 488 g/mol. The van der Waals surface area contributed by atoms with E-state index in [0.717, 1.165) is 40.2 Å². The summed E-state index contributed by atoms with van der Waals surface area (Å²) in [6.45, 7) is 7.55. The zero-order valence-corrected chi connectivity index (χ0v) is 22.2. The van der Waals surface area contributed by atoms with Crippen LogP contribution in [0.1, 0.15) is 51.2 Å². The molecule has 0 saturated heterocycles. The number of amides is 2. The summed E-state index contributed by atoms with van der Waals surface area (Å²) < 4.78 is 52.6. The molecule has 198 valence electrons. The number of anilines is 1. The van der Waals surface area contributed by atoms with E-state index in [1.165, 1.54) is 11.0 Å². The van der Waals surface area contributed by atoms with Crippen molar-refractivity contribution in [1.29, 1.82) is 0 Å². The zero-order chi connectivity index (χ0) is 27.0. The number of hydrogen-bond acceptors (Lipinski definition) is 4. The Kier molecular flexibility index (Phi) is 10.4. The van der Waals surface area contributed by atoms with E-state index in [1.807, 2.05) is 45.0 Å². The van der Waals surface area contributed by atoms with Gasteiger partial charge in [0.2, 0.25) is 21.8 Å². The molecule has 0 saturated carbocycles. The second kappa shape index (κ2) is 12.8. The predicted octanol–water partition coefficient (Wildman–Crippen LogP) is 4.15. The molecule has 0 spiro atoms. The summed E-state index contributed by atoms with van der Waals surface area (Å²) in [5.74, 6) is -2.84. The van der Waals surface area contributed by atoms with Gasteiger partial charge < -0.3 is 10.2 Å². The molecule has 2 rings (SSSR count). The summed E-state index contributed by atoms with van der Waals surface area (Å²) in [6.07, 6.45) is 1.79. The fraction of sp³-hybridized carbons (Fsp3) is 0.462. The van der Waals surface area contributed by atoms with Gasteiger partial charge in [0, 0.05) is 31.6 Å². The number of hydrogen-bond donors (Lipinski definition) is 1. The average molecular weight is 524 g/mol. The number of carbonyl (C=O) groups is 2. The molecule has 0 radical (unpaired) electrons. The summed E-state index contributed by atoms with van der Waals surface area (Å²) >= 11 is 0. The van der Waals surface area contributed by atoms with Crippen LogP contribution in [0.3, 0.4) is 0 Å². The van der Waals surface area contributed by atoms with Crippen LogP contribution < -0.4 is 9.62 Å². The van der Waals surface area contributed by atoms with Crippen LogP contribution in [0, 0.1) is 18.6 Å². The first kappa shape index (κ1) is 29.2. The minimum atomic E-state index is -3.81. The van der Waals surface area contributed by atoms with Crippen LogP contribution in [0.25, 0.3) is 0 Å². The van der Waals surface area contributed by atoms with Crippen LogP contribution in [-0.4, -0.2) is 50.0 Å². The lowest BCUT2D eigenvalue weighted by molar-refractivity contribution is -0.140. The summed E-state index contributed by atoms with van der Waals surface area (Å²) in [4.78, 5) is 27.5. The van der Waals surface area contributed by atoms with E-state index in [4.69, 9.17) is 0 Å². The molecule has 0 bridgehead atoms. The SMILES string of the molecule is CC[C@H](C)NC(=O)[C@H](C)N(Cc1ccc(C)cc1)C(=O)CCCN(c1ccc(F)c(F)c1)S(C)(=O)=O. The van der Waals surface area contributed by atoms with Crippen LogP contribution in [0.2, 0.25) is 0 Å². The van der Waals surface area contributed by atoms with Crippen molar-refractivity contribution in [1.82, 2.24) is 10.2 Å². The van der Waals surface area contributed by atoms with E-state index in [2.05, 4.69) is 5.32 Å². The average Bonchev–Trinajstić information content (AvgIpc) is 2.81. The number of nitrogens with zero attached hydrogens (tertiary/aromatic N) is 2. The molecule has 0 aliphatic rings. The number of halogens is 2. The number of nitrogens with one attached hydrogen (secondary N) is 1. The van der Waals surface area contributed by atoms with Crippen molar-refractivity contribution in [2.75, 3.05) is 17.1 Å². The van der Waals surface area contributed by atoms with Crippen LogP contribution >= 0.6 is 0 Å². The number of benzene rings is 2. The van der Waals surface area contributed by atoms with Crippen LogP contribution in [0.4, 0.5) is 14.5 Å². The zero-order valence-electron chi connectivity index (χ0n) is 21.4. The molecule has 36 heavy (non-hydrogen) atoms. The highest BCUT2D eigenvalue weighted by molar-refractivity contribution is 7.92. The van der Waals surface area contributed by atoms with Crippen molar-refractivity contribution < 1.29 is 26.8 Å². The Morgan fingerprint density at radius 2 is 1.67 bits per heavy atom. The van der Waals surface area contributed by atoms with Crippen LogP contribution in [0.15, 0.2) is 42.5 Å². The Morgan fingerprint density at radius 3 is 2.22 bits per heavy atom. The van der Waals surface area contributed by atoms with E-state index in [0.29, 0.717) is 0 Å². The van der Waals surface area contributed by atoms with Gasteiger partial charge in [-0.15, -0.1) is 0 Å². The van der Waals surface area contributed by atoms with Gasteiger partial charge in [-0.2, -0.15) is 0 Å². The smallest absolute Gasteiger partial charge is 0.242 e. The molecule has 0 heterocycles. The van der Waals surface area contributed by atoms with Gasteiger partial charge in [-0.05, 0) is 51.3 Å². The Morgan fingerprint density at radius 1 is 1.03 bits per heavy atom. The van der Waals surface area contributed by atoms with Crippen molar-refractivity contribution in [3.63, 3.8) is 0 Å². The molecule has 2 atom stereocenters. The maximum Gasteiger partial charge on any atom is 0.242 e. The Balaban J connectivity index is 2.18. The van der Waals surface area contributed by atoms with Crippen molar-refractivity contribution in [2.45, 2.75) is 65.6 Å². The molecule has 7 nitrogen and oxygen atoms in total. The van der Waals surface area contributed by atoms with Crippen molar-refractivity contribution in [2.24, 2.45) is 0 Å². The molecule has 2 aromatic carbocycles. The topological polar surface area (TPSA) is 86.8 Å². The minimum absolute atomic E-state index is 0.0262. The molecule has 10 heteroatoms. The largest absolute Gasteiger partial charge is 0.352 e. The predicted molar refractivity (Wildman–Crippen MR) is 137 cm³/mol. The molecule has 0 aliphatic heterocycles. The van der Waals surface area contributed by atoms with E-state index in [9.17, 15) is 26.8 Å². The lowest BCUT2D eigenvalue weighted by atomic mass is 10.1. The highest BCUT2D eigenvalue weighted by Crippen LogP contribution is 2.22. The first-order chi connectivity index (χ1) is 16.8. The summed E-state index contributed by atoms with van der Waals surface area (Å²) in [6, 6.07) is 9.68. The normalized spacial score (nSPS) is 13.1. The highest BCUT2D eigenvalue weighted by Gasteiger charge is 2.27. The fourth-order valence-corrected chi connectivity index (χ4v) is 4.54. The first-order valence-electron chi connectivity index (χ1n) is 11.9. The lowest BCUT2D eigenvalue weighted by Crippen LogP contribution is -2.49. The van der Waals surface area contributed by atoms with Gasteiger partial charge in [0.1, 0.15) is 6.04 Å². The molecule has 2 amide bonds. The van der Waals surface area contributed by atoms with Crippen LogP contribution in [-0.2, 0) is 26.2 Å². The van der Waals surface area contributed by atoms with Crippen molar-refractivity contribution >= 4 is 27.5 Å². The molecule has 0 aliphatic carbocycles. The molecule has 1 N–H and O–H groups in total. The van der Waals surface area contributed by atoms with Gasteiger partial charge in [-0.1, -0.05) is 36.8 Å². The standard InChI is InChI=1S/C26H35F2N3O4S/c1-6-19(3)29-26(33)20(4)30(17-21-11-9-18(2)10-12-21)25(32)8-7-15-31(36(5,34)35)22-13-14-23(27)24(28)16-22/h9-14,16,19-20H,6-8,15,17H2,1-5H3,(H,29,33)/t19-,20-/m0/s1. The monoisotopic (exact) mass is 523 g/mol. The number of rotatable bonds is 12. The van der Waals surface area contributed by atoms with Gasteiger partial charge in [-0.3, -0.25) is 13.9 Å². The lowest BCUT2D eigenvalue weighted by Gasteiger charge is -2.30. The second-order valence-corrected chi connectivity index (χ2v) is 10.9. The van der Waals surface area contributed by atoms with Gasteiger partial charge in [0.05, 0.1) is 11.9 Å². The minimum Gasteiger partial charge on any atom is -0.352 e. The molecule has 0 unspecified atom stereocenters. The van der Waals surface area contributed by atoms with Gasteiger partial charge in [0.15, 0.2) is 11.6 Å². The van der Waals surface area contributed by atoms with Gasteiger partial charge in [-0.25, -0.2) is 17.2 Å². The molecule has 0 aromatic heterocycles. The first-order valence-corrected chi connectivity index (χ1v) is 13.8. The second-order valence-electron chi connectivity index (χ2n) is 9.04. The maximum atomic E-state index is 13.7. The quantitative estimate of drug-likeness (QED) is 0.453. The third kappa shape index (κ3) is 8.29. The van der Waals surface area contributed by atoms with E-state index in [1.54, 1.807) is 6.92 Å². The van der Waals surface area contributed by atoms with Gasteiger partial charge in [0.25, 0.3) is 0 Å². The maximum absolute atomic E-state index is 13.7. The summed E-state index contributed by atoms with van der Waals surface area (Å²) in [7, 11) is -3.81.